The summed E-state index contributed by atoms with van der Waals surface area (Å²) in [7, 11) is 0. The van der Waals surface area contributed by atoms with Gasteiger partial charge < -0.3 is 0 Å². The van der Waals surface area contributed by atoms with Gasteiger partial charge >= 0.3 is 0 Å². The third-order valence-electron chi connectivity index (χ3n) is 1.84. The van der Waals surface area contributed by atoms with Crippen LogP contribution in [-0.4, -0.2) is 0 Å². The van der Waals surface area contributed by atoms with Gasteiger partial charge in [-0.3, -0.25) is 0 Å². The van der Waals surface area contributed by atoms with Crippen molar-refractivity contribution in [3.63, 3.8) is 0 Å². The summed E-state index contributed by atoms with van der Waals surface area (Å²) in [6, 6.07) is 4.22. The molecular formula is C9H5ClF2S. The molecule has 0 aliphatic carbocycles. The highest BCUT2D eigenvalue weighted by molar-refractivity contribution is 7.17. The minimum atomic E-state index is -0.391. The van der Waals surface area contributed by atoms with Crippen molar-refractivity contribution in [2.45, 2.75) is 5.88 Å². The first-order valence-electron chi connectivity index (χ1n) is 3.65. The molecule has 0 amide bonds. The van der Waals surface area contributed by atoms with Crippen LogP contribution < -0.4 is 0 Å². The van der Waals surface area contributed by atoms with E-state index in [-0.39, 0.29) is 11.0 Å². The normalized spacial score (nSPS) is 11.0. The van der Waals surface area contributed by atoms with Crippen LogP contribution in [0.15, 0.2) is 18.2 Å². The van der Waals surface area contributed by atoms with Crippen LogP contribution in [0.4, 0.5) is 8.78 Å². The molecule has 0 unspecified atom stereocenters. The molecule has 0 bridgehead atoms. The predicted octanol–water partition coefficient (Wildman–Crippen LogP) is 3.92. The van der Waals surface area contributed by atoms with Crippen molar-refractivity contribution in [2.75, 3.05) is 0 Å². The molecule has 2 rings (SSSR count). The molecule has 1 aromatic heterocycles. The maximum absolute atomic E-state index is 13.1. The van der Waals surface area contributed by atoms with Gasteiger partial charge in [-0.25, -0.2) is 4.39 Å². The molecule has 13 heavy (non-hydrogen) atoms. The Hall–Kier alpha value is -0.670. The Balaban J connectivity index is 2.83. The van der Waals surface area contributed by atoms with Crippen molar-refractivity contribution in [1.29, 1.82) is 0 Å². The standard InChI is InChI=1S/C9H5ClF2S/c10-4-5-1-2-7(11)9-6(5)3-8(12)13-9/h1-3H,4H2. The van der Waals surface area contributed by atoms with Crippen LogP contribution in [0.25, 0.3) is 10.1 Å². The fourth-order valence-electron chi connectivity index (χ4n) is 1.23. The maximum atomic E-state index is 13.1. The number of hydrogen-bond acceptors (Lipinski definition) is 1. The van der Waals surface area contributed by atoms with E-state index < -0.39 is 5.82 Å². The average molecular weight is 219 g/mol. The molecule has 2 aromatic rings. The summed E-state index contributed by atoms with van der Waals surface area (Å²) in [6.45, 7) is 0. The van der Waals surface area contributed by atoms with Crippen molar-refractivity contribution >= 4 is 33.0 Å². The Morgan fingerprint density at radius 3 is 2.77 bits per heavy atom. The van der Waals surface area contributed by atoms with Crippen LogP contribution in [0.3, 0.4) is 0 Å². The van der Waals surface area contributed by atoms with Crippen molar-refractivity contribution < 1.29 is 8.78 Å². The molecule has 0 aliphatic heterocycles. The van der Waals surface area contributed by atoms with E-state index in [2.05, 4.69) is 0 Å². The molecule has 0 saturated carbocycles. The van der Waals surface area contributed by atoms with Gasteiger partial charge in [-0.1, -0.05) is 6.07 Å². The molecule has 0 radical (unpaired) electrons. The second kappa shape index (κ2) is 3.24. The van der Waals surface area contributed by atoms with Crippen molar-refractivity contribution in [2.24, 2.45) is 0 Å². The maximum Gasteiger partial charge on any atom is 0.177 e. The summed E-state index contributed by atoms with van der Waals surface area (Å²) in [4.78, 5) is 0. The molecule has 4 heteroatoms. The summed E-state index contributed by atoms with van der Waals surface area (Å²) in [5.41, 5.74) is 0.762. The second-order valence-electron chi connectivity index (χ2n) is 2.63. The Kier molecular flexibility index (Phi) is 2.22. The molecule has 0 fully saturated rings. The number of fused-ring (bicyclic) bond motifs is 1. The second-order valence-corrected chi connectivity index (χ2v) is 3.90. The molecule has 0 nitrogen and oxygen atoms in total. The first-order valence-corrected chi connectivity index (χ1v) is 5.00. The molecule has 0 spiro atoms. The number of alkyl halides is 1. The van der Waals surface area contributed by atoms with E-state index in [1.807, 2.05) is 0 Å². The summed E-state index contributed by atoms with van der Waals surface area (Å²) in [5.74, 6) is -0.120. The number of halogens is 3. The summed E-state index contributed by atoms with van der Waals surface area (Å²) in [5, 5.41) is 0.198. The van der Waals surface area contributed by atoms with E-state index in [0.717, 1.165) is 16.9 Å². The SMILES string of the molecule is Fc1cc2c(CCl)ccc(F)c2s1. The van der Waals surface area contributed by atoms with Gasteiger partial charge in [0.1, 0.15) is 5.82 Å². The minimum absolute atomic E-state index is 0.271. The summed E-state index contributed by atoms with van der Waals surface area (Å²) in [6.07, 6.45) is 0. The fraction of sp³-hybridized carbons (Fsp3) is 0.111. The van der Waals surface area contributed by atoms with Gasteiger partial charge in [-0.2, -0.15) is 4.39 Å². The predicted molar refractivity (Wildman–Crippen MR) is 51.3 cm³/mol. The van der Waals surface area contributed by atoms with E-state index in [1.54, 1.807) is 6.07 Å². The molecule has 0 N–H and O–H groups in total. The number of hydrogen-bond donors (Lipinski definition) is 0. The Bertz CT molecular complexity index is 450. The molecule has 68 valence electrons. The highest BCUT2D eigenvalue weighted by atomic mass is 35.5. The highest BCUT2D eigenvalue weighted by Gasteiger charge is 2.09. The van der Waals surface area contributed by atoms with Crippen molar-refractivity contribution in [1.82, 2.24) is 0 Å². The lowest BCUT2D eigenvalue weighted by molar-refractivity contribution is 0.641. The van der Waals surface area contributed by atoms with Gasteiger partial charge in [0, 0.05) is 11.3 Å². The van der Waals surface area contributed by atoms with Crippen molar-refractivity contribution in [3.8, 4) is 0 Å². The first-order chi connectivity index (χ1) is 6.22. The molecule has 1 heterocycles. The van der Waals surface area contributed by atoms with E-state index in [1.165, 1.54) is 12.1 Å². The van der Waals surface area contributed by atoms with Crippen LogP contribution in [0.2, 0.25) is 0 Å². The molecule has 1 aromatic carbocycles. The van der Waals surface area contributed by atoms with Crippen LogP contribution >= 0.6 is 22.9 Å². The lowest BCUT2D eigenvalue weighted by Gasteiger charge is -1.97. The van der Waals surface area contributed by atoms with E-state index >= 15 is 0 Å². The quantitative estimate of drug-likeness (QED) is 0.637. The Morgan fingerprint density at radius 2 is 2.08 bits per heavy atom. The Labute approximate surface area is 82.8 Å². The zero-order valence-electron chi connectivity index (χ0n) is 6.48. The third kappa shape index (κ3) is 1.42. The monoisotopic (exact) mass is 218 g/mol. The van der Waals surface area contributed by atoms with Crippen LogP contribution in [0, 0.1) is 10.9 Å². The van der Waals surface area contributed by atoms with Gasteiger partial charge in [0.2, 0.25) is 0 Å². The molecule has 0 atom stereocenters. The van der Waals surface area contributed by atoms with E-state index in [9.17, 15) is 8.78 Å². The topological polar surface area (TPSA) is 0 Å². The van der Waals surface area contributed by atoms with Crippen LogP contribution in [-0.2, 0) is 5.88 Å². The van der Waals surface area contributed by atoms with Crippen molar-refractivity contribution in [3.05, 3.63) is 34.7 Å². The highest BCUT2D eigenvalue weighted by Crippen LogP contribution is 2.30. The lowest BCUT2D eigenvalue weighted by Crippen LogP contribution is -1.80. The van der Waals surface area contributed by atoms with Gasteiger partial charge in [0.05, 0.1) is 4.70 Å². The minimum Gasteiger partial charge on any atom is -0.205 e. The van der Waals surface area contributed by atoms with Crippen LogP contribution in [0.1, 0.15) is 5.56 Å². The average Bonchev–Trinajstić information content (AvgIpc) is 2.48. The van der Waals surface area contributed by atoms with Crippen LogP contribution in [0.5, 0.6) is 0 Å². The number of benzene rings is 1. The zero-order valence-corrected chi connectivity index (χ0v) is 8.05. The zero-order chi connectivity index (χ0) is 9.42. The van der Waals surface area contributed by atoms with Gasteiger partial charge in [0.15, 0.2) is 5.13 Å². The molecule has 0 aliphatic rings. The van der Waals surface area contributed by atoms with Gasteiger partial charge in [-0.05, 0) is 17.7 Å². The number of rotatable bonds is 1. The number of thiophene rings is 1. The largest absolute Gasteiger partial charge is 0.205 e. The first kappa shape index (κ1) is 8.91. The van der Waals surface area contributed by atoms with Gasteiger partial charge in [0.25, 0.3) is 0 Å². The fourth-order valence-corrected chi connectivity index (χ4v) is 2.30. The van der Waals surface area contributed by atoms with Gasteiger partial charge in [-0.15, -0.1) is 22.9 Å². The smallest absolute Gasteiger partial charge is 0.177 e. The lowest BCUT2D eigenvalue weighted by atomic mass is 10.1. The summed E-state index contributed by atoms with van der Waals surface area (Å²) >= 11 is 6.44. The third-order valence-corrected chi connectivity index (χ3v) is 3.06. The summed E-state index contributed by atoms with van der Waals surface area (Å²) < 4.78 is 26.3. The van der Waals surface area contributed by atoms with E-state index in [0.29, 0.717) is 10.1 Å². The Morgan fingerprint density at radius 1 is 1.31 bits per heavy atom. The molecular weight excluding hydrogens is 214 g/mol. The van der Waals surface area contributed by atoms with E-state index in [4.69, 9.17) is 11.6 Å². The molecule has 0 saturated heterocycles.